The van der Waals surface area contributed by atoms with Crippen LogP contribution in [0.1, 0.15) is 22.9 Å². The Kier molecular flexibility index (Phi) is 2.54. The van der Waals surface area contributed by atoms with Crippen molar-refractivity contribution in [2.75, 3.05) is 5.73 Å². The van der Waals surface area contributed by atoms with Crippen molar-refractivity contribution >= 4 is 5.69 Å². The Morgan fingerprint density at radius 3 is 2.86 bits per heavy atom. The van der Waals surface area contributed by atoms with E-state index < -0.39 is 5.82 Å². The van der Waals surface area contributed by atoms with Gasteiger partial charge in [0, 0.05) is 5.56 Å². The molecular formula is C16H12FN3O. The molecular weight excluding hydrogens is 269 g/mol. The Morgan fingerprint density at radius 1 is 1.19 bits per heavy atom. The Morgan fingerprint density at radius 2 is 2.05 bits per heavy atom. The summed E-state index contributed by atoms with van der Waals surface area (Å²) < 4.78 is 18.7. The fraction of sp³-hybridized carbons (Fsp3) is 0.125. The summed E-state index contributed by atoms with van der Waals surface area (Å²) in [6.45, 7) is 0. The Labute approximate surface area is 120 Å². The van der Waals surface area contributed by atoms with Gasteiger partial charge < -0.3 is 10.3 Å². The number of nitrogen functional groups attached to an aromatic ring is 1. The van der Waals surface area contributed by atoms with Gasteiger partial charge in [0.1, 0.15) is 5.82 Å². The summed E-state index contributed by atoms with van der Waals surface area (Å²) in [6, 6.07) is 12.7. The summed E-state index contributed by atoms with van der Waals surface area (Å²) in [4.78, 5) is 4.39. The number of hydrogen-bond acceptors (Lipinski definition) is 4. The van der Waals surface area contributed by atoms with Crippen LogP contribution in [0.15, 0.2) is 47.0 Å². The summed E-state index contributed by atoms with van der Waals surface area (Å²) in [5, 5.41) is 4.03. The van der Waals surface area contributed by atoms with Gasteiger partial charge in [-0.1, -0.05) is 29.4 Å². The molecule has 0 aliphatic heterocycles. The van der Waals surface area contributed by atoms with Crippen molar-refractivity contribution in [2.45, 2.75) is 12.3 Å². The highest BCUT2D eigenvalue weighted by atomic mass is 19.1. The van der Waals surface area contributed by atoms with E-state index in [1.807, 2.05) is 12.1 Å². The smallest absolute Gasteiger partial charge is 0.258 e. The monoisotopic (exact) mass is 281 g/mol. The van der Waals surface area contributed by atoms with Crippen LogP contribution in [0.5, 0.6) is 0 Å². The first-order chi connectivity index (χ1) is 10.2. The molecule has 4 rings (SSSR count). The van der Waals surface area contributed by atoms with Crippen LogP contribution in [-0.4, -0.2) is 10.1 Å². The highest BCUT2D eigenvalue weighted by molar-refractivity contribution is 5.58. The van der Waals surface area contributed by atoms with Crippen LogP contribution >= 0.6 is 0 Å². The number of fused-ring (bicyclic) bond motifs is 1. The molecule has 1 unspecified atom stereocenters. The van der Waals surface area contributed by atoms with E-state index in [1.54, 1.807) is 6.07 Å². The summed E-state index contributed by atoms with van der Waals surface area (Å²) >= 11 is 0. The normalized spacial score (nSPS) is 16.3. The lowest BCUT2D eigenvalue weighted by molar-refractivity contribution is 0.416. The quantitative estimate of drug-likeness (QED) is 0.733. The maximum atomic E-state index is 13.5. The zero-order valence-electron chi connectivity index (χ0n) is 11.1. The third kappa shape index (κ3) is 1.89. The molecule has 0 fully saturated rings. The number of hydrogen-bond donors (Lipinski definition) is 1. The molecule has 4 nitrogen and oxygen atoms in total. The molecule has 0 spiro atoms. The van der Waals surface area contributed by atoms with Crippen LogP contribution in [0.2, 0.25) is 0 Å². The van der Waals surface area contributed by atoms with Gasteiger partial charge in [-0.15, -0.1) is 0 Å². The molecule has 1 atom stereocenters. The zero-order chi connectivity index (χ0) is 14.4. The molecule has 5 heteroatoms. The van der Waals surface area contributed by atoms with E-state index in [2.05, 4.69) is 22.3 Å². The molecule has 0 radical (unpaired) electrons. The number of aromatic nitrogens is 2. The molecule has 1 aromatic heterocycles. The zero-order valence-corrected chi connectivity index (χ0v) is 11.1. The minimum Gasteiger partial charge on any atom is -0.396 e. The summed E-state index contributed by atoms with van der Waals surface area (Å²) in [5.74, 6) is 0.632. The van der Waals surface area contributed by atoms with E-state index in [9.17, 15) is 4.39 Å². The maximum Gasteiger partial charge on any atom is 0.258 e. The van der Waals surface area contributed by atoms with Gasteiger partial charge in [-0.25, -0.2) is 4.39 Å². The summed E-state index contributed by atoms with van der Waals surface area (Å²) in [7, 11) is 0. The fourth-order valence-electron chi connectivity index (χ4n) is 2.64. The van der Waals surface area contributed by atoms with Gasteiger partial charge in [-0.3, -0.25) is 0 Å². The van der Waals surface area contributed by atoms with Gasteiger partial charge in [0.2, 0.25) is 0 Å². The van der Waals surface area contributed by atoms with Gasteiger partial charge in [-0.2, -0.15) is 4.98 Å². The van der Waals surface area contributed by atoms with Crippen molar-refractivity contribution in [3.63, 3.8) is 0 Å². The number of halogens is 1. The molecule has 0 saturated carbocycles. The minimum atomic E-state index is -0.485. The van der Waals surface area contributed by atoms with E-state index in [4.69, 9.17) is 10.3 Å². The average Bonchev–Trinajstić information content (AvgIpc) is 2.93. The first kappa shape index (κ1) is 12.1. The van der Waals surface area contributed by atoms with E-state index in [0.717, 1.165) is 6.42 Å². The van der Waals surface area contributed by atoms with Gasteiger partial charge in [0.25, 0.3) is 5.89 Å². The SMILES string of the molecule is Nc1ccc(-c2nc(C3Cc4ccccc43)no2)cc1F. The first-order valence-corrected chi connectivity index (χ1v) is 6.69. The van der Waals surface area contributed by atoms with Gasteiger partial charge in [-0.05, 0) is 35.7 Å². The van der Waals surface area contributed by atoms with Crippen molar-refractivity contribution in [1.29, 1.82) is 0 Å². The number of nitrogens with zero attached hydrogens (tertiary/aromatic N) is 2. The highest BCUT2D eigenvalue weighted by Gasteiger charge is 2.31. The Hall–Kier alpha value is -2.69. The topological polar surface area (TPSA) is 64.9 Å². The molecule has 21 heavy (non-hydrogen) atoms. The molecule has 104 valence electrons. The van der Waals surface area contributed by atoms with E-state index in [-0.39, 0.29) is 11.6 Å². The first-order valence-electron chi connectivity index (χ1n) is 6.69. The lowest BCUT2D eigenvalue weighted by Gasteiger charge is -2.27. The van der Waals surface area contributed by atoms with Crippen LogP contribution < -0.4 is 5.73 Å². The molecule has 0 amide bonds. The molecule has 1 heterocycles. The highest BCUT2D eigenvalue weighted by Crippen LogP contribution is 2.39. The second kappa shape index (κ2) is 4.41. The molecule has 2 aromatic carbocycles. The standard InChI is InChI=1S/C16H12FN3O/c17-13-8-10(5-6-14(13)18)16-19-15(20-21-16)12-7-9-3-1-2-4-11(9)12/h1-6,8,12H,7,18H2. The predicted octanol–water partition coefficient (Wildman–Crippen LogP) is 3.15. The van der Waals surface area contributed by atoms with Crippen LogP contribution in [0.3, 0.4) is 0 Å². The Bertz CT molecular complexity index is 828. The fourth-order valence-corrected chi connectivity index (χ4v) is 2.64. The Balaban J connectivity index is 1.66. The number of anilines is 1. The largest absolute Gasteiger partial charge is 0.396 e. The maximum absolute atomic E-state index is 13.5. The number of nitrogens with two attached hydrogens (primary N) is 1. The van der Waals surface area contributed by atoms with Crippen LogP contribution in [0, 0.1) is 5.82 Å². The van der Waals surface area contributed by atoms with Crippen molar-refractivity contribution in [1.82, 2.24) is 10.1 Å². The van der Waals surface area contributed by atoms with E-state index >= 15 is 0 Å². The summed E-state index contributed by atoms with van der Waals surface area (Å²) in [5.41, 5.74) is 8.64. The lowest BCUT2D eigenvalue weighted by atomic mass is 9.77. The van der Waals surface area contributed by atoms with Crippen molar-refractivity contribution in [3.05, 3.63) is 65.2 Å². The minimum absolute atomic E-state index is 0.103. The van der Waals surface area contributed by atoms with Gasteiger partial charge in [0.05, 0.1) is 11.6 Å². The molecule has 1 aliphatic carbocycles. The third-order valence-electron chi connectivity index (χ3n) is 3.86. The van der Waals surface area contributed by atoms with Gasteiger partial charge in [0.15, 0.2) is 5.82 Å². The third-order valence-corrected chi connectivity index (χ3v) is 3.86. The molecule has 0 saturated heterocycles. The average molecular weight is 281 g/mol. The van der Waals surface area contributed by atoms with E-state index in [0.29, 0.717) is 17.3 Å². The lowest BCUT2D eigenvalue weighted by Crippen LogP contribution is -2.19. The molecule has 1 aliphatic rings. The van der Waals surface area contributed by atoms with Crippen molar-refractivity contribution < 1.29 is 8.91 Å². The van der Waals surface area contributed by atoms with Crippen LogP contribution in [0.4, 0.5) is 10.1 Å². The predicted molar refractivity (Wildman–Crippen MR) is 76.1 cm³/mol. The van der Waals surface area contributed by atoms with E-state index in [1.165, 1.54) is 23.3 Å². The molecule has 3 aromatic rings. The summed E-state index contributed by atoms with van der Waals surface area (Å²) in [6.07, 6.45) is 0.908. The second-order valence-electron chi connectivity index (χ2n) is 5.15. The van der Waals surface area contributed by atoms with Crippen LogP contribution in [-0.2, 0) is 6.42 Å². The second-order valence-corrected chi connectivity index (χ2v) is 5.15. The van der Waals surface area contributed by atoms with Crippen molar-refractivity contribution in [3.8, 4) is 11.5 Å². The van der Waals surface area contributed by atoms with Crippen LogP contribution in [0.25, 0.3) is 11.5 Å². The van der Waals surface area contributed by atoms with Crippen molar-refractivity contribution in [2.24, 2.45) is 0 Å². The molecule has 2 N–H and O–H groups in total. The molecule has 0 bridgehead atoms. The number of rotatable bonds is 2. The number of benzene rings is 2. The van der Waals surface area contributed by atoms with Gasteiger partial charge >= 0.3 is 0 Å².